The van der Waals surface area contributed by atoms with E-state index in [1.807, 2.05) is 43.0 Å². The van der Waals surface area contributed by atoms with E-state index in [0.717, 1.165) is 22.8 Å². The van der Waals surface area contributed by atoms with Gasteiger partial charge in [0.25, 0.3) is 0 Å². The van der Waals surface area contributed by atoms with Gasteiger partial charge in [-0.15, -0.1) is 0 Å². The van der Waals surface area contributed by atoms with Crippen molar-refractivity contribution in [1.29, 1.82) is 0 Å². The minimum Gasteiger partial charge on any atom is -0.489 e. The number of anilines is 2. The molecule has 2 saturated heterocycles. The van der Waals surface area contributed by atoms with E-state index in [9.17, 15) is 13.2 Å². The fraction of sp³-hybridized carbons (Fsp3) is 0.381. The van der Waals surface area contributed by atoms with Gasteiger partial charge >= 0.3 is 0 Å². The van der Waals surface area contributed by atoms with E-state index in [1.165, 1.54) is 4.31 Å². The zero-order chi connectivity index (χ0) is 20.2. The van der Waals surface area contributed by atoms with Gasteiger partial charge in [-0.2, -0.15) is 11.8 Å². The maximum atomic E-state index is 13.2. The molecule has 1 amide bonds. The van der Waals surface area contributed by atoms with Gasteiger partial charge in [-0.1, -0.05) is 17.7 Å². The van der Waals surface area contributed by atoms with Crippen molar-refractivity contribution in [2.24, 2.45) is 5.92 Å². The Hall–Kier alpha value is -2.19. The van der Waals surface area contributed by atoms with E-state index in [2.05, 4.69) is 5.32 Å². The Labute approximate surface area is 174 Å². The third-order valence-corrected chi connectivity index (χ3v) is 9.68. The molecule has 5 rings (SSSR count). The van der Waals surface area contributed by atoms with Crippen LogP contribution in [-0.2, 0) is 14.8 Å². The summed E-state index contributed by atoms with van der Waals surface area (Å²) in [7, 11) is -3.76. The number of hydrogen-bond acceptors (Lipinski definition) is 5. The molecule has 2 aromatic rings. The number of carbonyl (C=O) groups excluding carboxylic acids is 1. The number of carbonyl (C=O) groups is 1. The molecule has 152 valence electrons. The molecule has 0 radical (unpaired) electrons. The summed E-state index contributed by atoms with van der Waals surface area (Å²) >= 11 is 1.85. The summed E-state index contributed by atoms with van der Waals surface area (Å²) in [6, 6.07) is 14.5. The molecule has 8 heteroatoms. The van der Waals surface area contributed by atoms with Crippen molar-refractivity contribution in [2.75, 3.05) is 27.7 Å². The largest absolute Gasteiger partial charge is 0.489 e. The van der Waals surface area contributed by atoms with Gasteiger partial charge in [0.1, 0.15) is 11.9 Å². The van der Waals surface area contributed by atoms with Crippen molar-refractivity contribution in [3.63, 3.8) is 0 Å². The molecule has 3 fully saturated rings. The molecule has 0 bridgehead atoms. The van der Waals surface area contributed by atoms with Crippen LogP contribution < -0.4 is 14.4 Å². The van der Waals surface area contributed by atoms with Crippen molar-refractivity contribution in [3.8, 4) is 5.75 Å². The molecule has 1 saturated carbocycles. The SMILES string of the molecule is Cc1ccc(N2C[C@H]3C[C@]3(C(=O)Nc3ccc(OC4CSC4)cc3)S2(=O)=O)cc1. The Morgan fingerprint density at radius 3 is 2.45 bits per heavy atom. The van der Waals surface area contributed by atoms with Crippen LogP contribution in [0.2, 0.25) is 0 Å². The summed E-state index contributed by atoms with van der Waals surface area (Å²) < 4.78 is 32.3. The molecule has 29 heavy (non-hydrogen) atoms. The Morgan fingerprint density at radius 2 is 1.83 bits per heavy atom. The normalized spacial score (nSPS) is 27.1. The number of amides is 1. The number of ether oxygens (including phenoxy) is 1. The highest BCUT2D eigenvalue weighted by Crippen LogP contribution is 2.58. The Bertz CT molecular complexity index is 1050. The van der Waals surface area contributed by atoms with E-state index in [1.54, 1.807) is 24.3 Å². The summed E-state index contributed by atoms with van der Waals surface area (Å²) in [6.07, 6.45) is 0.632. The minimum absolute atomic E-state index is 0.174. The van der Waals surface area contributed by atoms with Gasteiger partial charge in [-0.3, -0.25) is 9.10 Å². The molecule has 2 atom stereocenters. The molecule has 2 heterocycles. The molecule has 0 spiro atoms. The lowest BCUT2D eigenvalue weighted by Gasteiger charge is -2.26. The predicted molar refractivity (Wildman–Crippen MR) is 115 cm³/mol. The topological polar surface area (TPSA) is 75.7 Å². The average molecular weight is 431 g/mol. The van der Waals surface area contributed by atoms with Crippen LogP contribution in [-0.4, -0.2) is 43.2 Å². The Balaban J connectivity index is 1.31. The molecule has 0 unspecified atom stereocenters. The number of nitrogens with one attached hydrogen (secondary N) is 1. The molecule has 2 aromatic carbocycles. The smallest absolute Gasteiger partial charge is 0.250 e. The van der Waals surface area contributed by atoms with E-state index in [0.29, 0.717) is 24.3 Å². The van der Waals surface area contributed by atoms with E-state index < -0.39 is 20.7 Å². The number of hydrogen-bond donors (Lipinski definition) is 1. The van der Waals surface area contributed by atoms with Crippen LogP contribution >= 0.6 is 11.8 Å². The van der Waals surface area contributed by atoms with Crippen LogP contribution in [0.1, 0.15) is 12.0 Å². The summed E-state index contributed by atoms with van der Waals surface area (Å²) in [5.41, 5.74) is 2.26. The third-order valence-electron chi connectivity index (χ3n) is 5.91. The molecule has 6 nitrogen and oxygen atoms in total. The summed E-state index contributed by atoms with van der Waals surface area (Å²) in [4.78, 5) is 13.0. The quantitative estimate of drug-likeness (QED) is 0.789. The fourth-order valence-electron chi connectivity index (χ4n) is 4.01. The van der Waals surface area contributed by atoms with Gasteiger partial charge in [-0.25, -0.2) is 8.42 Å². The number of fused-ring (bicyclic) bond motifs is 1. The first-order chi connectivity index (χ1) is 13.9. The van der Waals surface area contributed by atoms with Gasteiger partial charge in [0.05, 0.1) is 5.69 Å². The molecule has 0 aromatic heterocycles. The Kier molecular flexibility index (Phi) is 4.33. The van der Waals surface area contributed by atoms with Crippen LogP contribution in [0.15, 0.2) is 48.5 Å². The molecule has 3 aliphatic rings. The van der Waals surface area contributed by atoms with Crippen LogP contribution in [0.5, 0.6) is 5.75 Å². The highest BCUT2D eigenvalue weighted by Gasteiger charge is 2.75. The molecular formula is C21H22N2O4S2. The number of aryl methyl sites for hydroxylation is 1. The molecule has 2 aliphatic heterocycles. The third kappa shape index (κ3) is 3.00. The lowest BCUT2D eigenvalue weighted by Crippen LogP contribution is -2.42. The van der Waals surface area contributed by atoms with Crippen LogP contribution in [0.4, 0.5) is 11.4 Å². The van der Waals surface area contributed by atoms with Crippen LogP contribution in [0.3, 0.4) is 0 Å². The first kappa shape index (κ1) is 18.8. The van der Waals surface area contributed by atoms with Crippen LogP contribution in [0, 0.1) is 12.8 Å². The Morgan fingerprint density at radius 1 is 1.14 bits per heavy atom. The van der Waals surface area contributed by atoms with E-state index in [-0.39, 0.29) is 12.0 Å². The number of rotatable bonds is 5. The van der Waals surface area contributed by atoms with Gasteiger partial charge in [0.15, 0.2) is 4.75 Å². The zero-order valence-corrected chi connectivity index (χ0v) is 17.6. The van der Waals surface area contributed by atoms with Gasteiger partial charge < -0.3 is 10.1 Å². The second-order valence-electron chi connectivity index (χ2n) is 7.92. The molecular weight excluding hydrogens is 408 g/mol. The second-order valence-corrected chi connectivity index (χ2v) is 11.1. The van der Waals surface area contributed by atoms with Gasteiger partial charge in [-0.05, 0) is 49.7 Å². The first-order valence-electron chi connectivity index (χ1n) is 9.65. The molecule has 1 aliphatic carbocycles. The van der Waals surface area contributed by atoms with Crippen molar-refractivity contribution in [1.82, 2.24) is 0 Å². The van der Waals surface area contributed by atoms with Crippen molar-refractivity contribution in [3.05, 3.63) is 54.1 Å². The van der Waals surface area contributed by atoms with Crippen molar-refractivity contribution >= 4 is 39.1 Å². The standard InChI is InChI=1S/C21H22N2O4S2/c1-14-2-6-17(7-3-14)23-11-15-10-21(15,29(23,25)26)20(24)22-16-4-8-18(9-5-16)27-19-12-28-13-19/h2-9,15,19H,10-13H2,1H3,(H,22,24)/t15-,21+/m1/s1. The number of sulfonamides is 1. The minimum atomic E-state index is -3.76. The summed E-state index contributed by atoms with van der Waals surface area (Å²) in [5, 5.41) is 2.81. The molecule has 1 N–H and O–H groups in total. The van der Waals surface area contributed by atoms with E-state index in [4.69, 9.17) is 4.74 Å². The number of thioether (sulfide) groups is 1. The predicted octanol–water partition coefficient (Wildman–Crippen LogP) is 3.04. The van der Waals surface area contributed by atoms with Gasteiger partial charge in [0, 0.05) is 29.7 Å². The lowest BCUT2D eigenvalue weighted by atomic mass is 10.2. The summed E-state index contributed by atoms with van der Waals surface area (Å²) in [6.45, 7) is 2.31. The highest BCUT2D eigenvalue weighted by molar-refractivity contribution is 8.00. The second kappa shape index (κ2) is 6.67. The first-order valence-corrected chi connectivity index (χ1v) is 12.2. The monoisotopic (exact) mass is 430 g/mol. The lowest BCUT2D eigenvalue weighted by molar-refractivity contribution is -0.116. The van der Waals surface area contributed by atoms with E-state index >= 15 is 0 Å². The van der Waals surface area contributed by atoms with Crippen LogP contribution in [0.25, 0.3) is 0 Å². The van der Waals surface area contributed by atoms with Crippen molar-refractivity contribution in [2.45, 2.75) is 24.2 Å². The average Bonchev–Trinajstić information content (AvgIpc) is 3.36. The fourth-order valence-corrected chi connectivity index (χ4v) is 6.93. The maximum absolute atomic E-state index is 13.2. The zero-order valence-electron chi connectivity index (χ0n) is 16.0. The number of benzene rings is 2. The highest BCUT2D eigenvalue weighted by atomic mass is 32.2. The summed E-state index contributed by atoms with van der Waals surface area (Å²) in [5.74, 6) is 2.14. The number of nitrogens with zero attached hydrogens (tertiary/aromatic N) is 1. The van der Waals surface area contributed by atoms with Gasteiger partial charge in [0.2, 0.25) is 15.9 Å². The maximum Gasteiger partial charge on any atom is 0.250 e. The van der Waals surface area contributed by atoms with Crippen molar-refractivity contribution < 1.29 is 17.9 Å².